The van der Waals surface area contributed by atoms with E-state index in [4.69, 9.17) is 16.3 Å². The van der Waals surface area contributed by atoms with Gasteiger partial charge in [-0.25, -0.2) is 4.98 Å². The van der Waals surface area contributed by atoms with Crippen LogP contribution in [0, 0.1) is 0 Å². The molecule has 28 heavy (non-hydrogen) atoms. The summed E-state index contributed by atoms with van der Waals surface area (Å²) in [4.78, 5) is 7.68. The van der Waals surface area contributed by atoms with E-state index in [9.17, 15) is 13.2 Å². The molecule has 0 aliphatic heterocycles. The number of pyridine rings is 1. The normalized spacial score (nSPS) is 11.7. The van der Waals surface area contributed by atoms with Crippen LogP contribution in [0.5, 0.6) is 5.88 Å². The van der Waals surface area contributed by atoms with Crippen LogP contribution in [0.25, 0.3) is 0 Å². The van der Waals surface area contributed by atoms with Gasteiger partial charge >= 0.3 is 6.18 Å². The lowest BCUT2D eigenvalue weighted by Gasteiger charge is -2.13. The molecule has 0 atom stereocenters. The van der Waals surface area contributed by atoms with Crippen molar-refractivity contribution in [3.05, 3.63) is 41.3 Å². The highest BCUT2D eigenvalue weighted by atomic mass is 127. The summed E-state index contributed by atoms with van der Waals surface area (Å²) in [7, 11) is 1.64. The zero-order chi connectivity index (χ0) is 19.7. The molecule has 0 saturated carbocycles. The predicted octanol–water partition coefficient (Wildman–Crippen LogP) is 3.20. The quantitative estimate of drug-likeness (QED) is 0.236. The molecule has 0 bridgehead atoms. The van der Waals surface area contributed by atoms with Gasteiger partial charge in [0.2, 0.25) is 5.88 Å². The molecule has 0 aliphatic carbocycles. The van der Waals surface area contributed by atoms with Crippen LogP contribution in [0.4, 0.5) is 13.2 Å². The summed E-state index contributed by atoms with van der Waals surface area (Å²) in [5, 5.41) is 10.1. The second-order valence-corrected chi connectivity index (χ2v) is 5.81. The lowest BCUT2D eigenvalue weighted by atomic mass is 10.3. The van der Waals surface area contributed by atoms with Gasteiger partial charge in [0.1, 0.15) is 11.6 Å². The number of aromatic nitrogens is 3. The van der Waals surface area contributed by atoms with Gasteiger partial charge in [0, 0.05) is 38.7 Å². The second-order valence-electron chi connectivity index (χ2n) is 5.41. The summed E-state index contributed by atoms with van der Waals surface area (Å²) >= 11 is 5.78. The summed E-state index contributed by atoms with van der Waals surface area (Å²) in [5.41, 5.74) is -0.919. The van der Waals surface area contributed by atoms with Crippen molar-refractivity contribution in [1.29, 1.82) is 0 Å². The molecule has 0 amide bonds. The Labute approximate surface area is 182 Å². The maximum Gasteiger partial charge on any atom is 0.417 e. The van der Waals surface area contributed by atoms with E-state index >= 15 is 0 Å². The van der Waals surface area contributed by atoms with Crippen molar-refractivity contribution in [2.24, 2.45) is 4.99 Å². The van der Waals surface area contributed by atoms with Crippen molar-refractivity contribution in [2.45, 2.75) is 19.1 Å². The van der Waals surface area contributed by atoms with Crippen molar-refractivity contribution >= 4 is 41.5 Å². The highest BCUT2D eigenvalue weighted by Crippen LogP contribution is 2.32. The fraction of sp³-hybridized carbons (Fsp3) is 0.438. The van der Waals surface area contributed by atoms with E-state index < -0.39 is 11.7 Å². The standard InChI is InChI=1S/C16H20ClF3N6O.HI/c1-21-15(22-4-2-7-26-8-3-5-25-26)23-6-9-27-14-13(17)10-12(11-24-14)16(18,19)20;/h3,5,8,10-11H,2,4,6-7,9H2,1H3,(H2,21,22,23);1H. The molecule has 2 rings (SSSR count). The Morgan fingerprint density at radius 3 is 2.68 bits per heavy atom. The molecule has 0 fully saturated rings. The Balaban J connectivity index is 0.00000392. The van der Waals surface area contributed by atoms with E-state index in [1.165, 1.54) is 0 Å². The number of halogens is 5. The van der Waals surface area contributed by atoms with Crippen LogP contribution >= 0.6 is 35.6 Å². The van der Waals surface area contributed by atoms with E-state index in [2.05, 4.69) is 25.7 Å². The van der Waals surface area contributed by atoms with E-state index in [0.717, 1.165) is 19.0 Å². The van der Waals surface area contributed by atoms with Gasteiger partial charge in [-0.1, -0.05) is 11.6 Å². The summed E-state index contributed by atoms with van der Waals surface area (Å²) in [5.74, 6) is 0.541. The van der Waals surface area contributed by atoms with E-state index in [1.54, 1.807) is 13.2 Å². The maximum absolute atomic E-state index is 12.6. The zero-order valence-corrected chi connectivity index (χ0v) is 18.1. The first-order valence-electron chi connectivity index (χ1n) is 8.17. The number of rotatable bonds is 8. The zero-order valence-electron chi connectivity index (χ0n) is 15.0. The number of hydrogen-bond acceptors (Lipinski definition) is 4. The molecule has 2 heterocycles. The number of nitrogens with one attached hydrogen (secondary N) is 2. The third-order valence-corrected chi connectivity index (χ3v) is 3.68. The van der Waals surface area contributed by atoms with Crippen LogP contribution in [-0.4, -0.2) is 47.5 Å². The molecular weight excluding hydrogens is 512 g/mol. The predicted molar refractivity (Wildman–Crippen MR) is 111 cm³/mol. The highest BCUT2D eigenvalue weighted by molar-refractivity contribution is 14.0. The van der Waals surface area contributed by atoms with Crippen LogP contribution < -0.4 is 15.4 Å². The van der Waals surface area contributed by atoms with Gasteiger partial charge < -0.3 is 15.4 Å². The van der Waals surface area contributed by atoms with Gasteiger partial charge in [0.05, 0.1) is 12.1 Å². The minimum atomic E-state index is -4.49. The number of aliphatic imine (C=N–C) groups is 1. The third kappa shape index (κ3) is 8.09. The lowest BCUT2D eigenvalue weighted by molar-refractivity contribution is -0.137. The lowest BCUT2D eigenvalue weighted by Crippen LogP contribution is -2.39. The van der Waals surface area contributed by atoms with Gasteiger partial charge in [0.25, 0.3) is 0 Å². The van der Waals surface area contributed by atoms with Gasteiger partial charge in [0.15, 0.2) is 5.96 Å². The molecular formula is C16H21ClF3IN6O. The van der Waals surface area contributed by atoms with Gasteiger partial charge in [-0.2, -0.15) is 18.3 Å². The molecule has 0 aromatic carbocycles. The molecule has 7 nitrogen and oxygen atoms in total. The second kappa shape index (κ2) is 11.9. The van der Waals surface area contributed by atoms with Crippen LogP contribution in [0.1, 0.15) is 12.0 Å². The highest BCUT2D eigenvalue weighted by Gasteiger charge is 2.31. The summed E-state index contributed by atoms with van der Waals surface area (Å²) < 4.78 is 44.8. The van der Waals surface area contributed by atoms with Crippen molar-refractivity contribution in [1.82, 2.24) is 25.4 Å². The molecule has 2 aromatic rings. The minimum Gasteiger partial charge on any atom is -0.475 e. The molecule has 2 N–H and O–H groups in total. The van der Waals surface area contributed by atoms with Crippen molar-refractivity contribution < 1.29 is 17.9 Å². The van der Waals surface area contributed by atoms with Gasteiger partial charge in [-0.15, -0.1) is 24.0 Å². The minimum absolute atomic E-state index is 0. The first-order chi connectivity index (χ1) is 12.9. The van der Waals surface area contributed by atoms with E-state index in [0.29, 0.717) is 25.2 Å². The Hall–Kier alpha value is -1.76. The molecule has 12 heteroatoms. The number of aryl methyl sites for hydroxylation is 1. The SMILES string of the molecule is CN=C(NCCCn1cccn1)NCCOc1ncc(C(F)(F)F)cc1Cl.I. The molecule has 156 valence electrons. The Morgan fingerprint density at radius 1 is 1.32 bits per heavy atom. The average Bonchev–Trinajstić information content (AvgIpc) is 3.14. The molecule has 0 radical (unpaired) electrons. The Morgan fingerprint density at radius 2 is 2.07 bits per heavy atom. The first-order valence-corrected chi connectivity index (χ1v) is 8.55. The Bertz CT molecular complexity index is 742. The van der Waals surface area contributed by atoms with E-state index in [1.807, 2.05) is 16.9 Å². The molecule has 0 unspecified atom stereocenters. The summed E-state index contributed by atoms with van der Waals surface area (Å²) in [6, 6.07) is 2.66. The van der Waals surface area contributed by atoms with Crippen molar-refractivity contribution in [3.8, 4) is 5.88 Å². The maximum atomic E-state index is 12.6. The number of nitrogens with zero attached hydrogens (tertiary/aromatic N) is 4. The van der Waals surface area contributed by atoms with E-state index in [-0.39, 0.29) is 41.5 Å². The monoisotopic (exact) mass is 532 g/mol. The average molecular weight is 533 g/mol. The van der Waals surface area contributed by atoms with Crippen LogP contribution in [-0.2, 0) is 12.7 Å². The largest absolute Gasteiger partial charge is 0.475 e. The molecule has 0 spiro atoms. The van der Waals surface area contributed by atoms with Gasteiger partial charge in [-0.3, -0.25) is 9.67 Å². The summed E-state index contributed by atoms with van der Waals surface area (Å²) in [6.45, 7) is 2.02. The number of ether oxygens (including phenoxy) is 1. The Kier molecular flexibility index (Phi) is 10.4. The summed E-state index contributed by atoms with van der Waals surface area (Å²) in [6.07, 6.45) is 0.682. The smallest absolute Gasteiger partial charge is 0.417 e. The third-order valence-electron chi connectivity index (χ3n) is 3.41. The van der Waals surface area contributed by atoms with Crippen LogP contribution in [0.3, 0.4) is 0 Å². The number of alkyl halides is 3. The molecule has 0 aliphatic rings. The van der Waals surface area contributed by atoms with Crippen LogP contribution in [0.15, 0.2) is 35.7 Å². The molecule has 0 saturated heterocycles. The number of hydrogen-bond donors (Lipinski definition) is 2. The van der Waals surface area contributed by atoms with Crippen molar-refractivity contribution in [3.63, 3.8) is 0 Å². The van der Waals surface area contributed by atoms with Crippen LogP contribution in [0.2, 0.25) is 5.02 Å². The fourth-order valence-electron chi connectivity index (χ4n) is 2.10. The number of guanidine groups is 1. The van der Waals surface area contributed by atoms with Gasteiger partial charge in [-0.05, 0) is 18.6 Å². The first kappa shape index (κ1) is 24.3. The fourth-order valence-corrected chi connectivity index (χ4v) is 2.33. The van der Waals surface area contributed by atoms with Crippen molar-refractivity contribution in [2.75, 3.05) is 26.7 Å². The topological polar surface area (TPSA) is 76.4 Å². The molecule has 2 aromatic heterocycles.